The van der Waals surface area contributed by atoms with E-state index in [2.05, 4.69) is 5.32 Å². The van der Waals surface area contributed by atoms with Crippen molar-refractivity contribution in [1.29, 1.82) is 0 Å². The number of anilines is 1. The predicted molar refractivity (Wildman–Crippen MR) is 162 cm³/mol. The van der Waals surface area contributed by atoms with Gasteiger partial charge in [0.25, 0.3) is 0 Å². The lowest BCUT2D eigenvalue weighted by Crippen LogP contribution is -2.51. The largest absolute Gasteiger partial charge is 0.354 e. The minimum atomic E-state index is -3.64. The highest BCUT2D eigenvalue weighted by molar-refractivity contribution is 7.92. The summed E-state index contributed by atoms with van der Waals surface area (Å²) >= 11 is 6.08. The third-order valence-corrected chi connectivity index (χ3v) is 7.90. The van der Waals surface area contributed by atoms with Gasteiger partial charge >= 0.3 is 0 Å². The lowest BCUT2D eigenvalue weighted by atomic mass is 10.0. The fourth-order valence-corrected chi connectivity index (χ4v) is 5.54. The zero-order valence-electron chi connectivity index (χ0n) is 23.6. The van der Waals surface area contributed by atoms with Crippen molar-refractivity contribution in [3.05, 3.63) is 101 Å². The summed E-state index contributed by atoms with van der Waals surface area (Å²) in [6.45, 7) is 4.57. The van der Waals surface area contributed by atoms with Gasteiger partial charge in [0.1, 0.15) is 11.9 Å². The second-order valence-electron chi connectivity index (χ2n) is 10.4. The molecule has 0 fully saturated rings. The van der Waals surface area contributed by atoms with Gasteiger partial charge in [-0.3, -0.25) is 13.9 Å². The number of hydrogen-bond acceptors (Lipinski definition) is 4. The zero-order chi connectivity index (χ0) is 30.0. The molecule has 0 bridgehead atoms. The maximum Gasteiger partial charge on any atom is 0.243 e. The average molecular weight is 602 g/mol. The Morgan fingerprint density at radius 1 is 0.951 bits per heavy atom. The van der Waals surface area contributed by atoms with Gasteiger partial charge in [-0.25, -0.2) is 12.8 Å². The van der Waals surface area contributed by atoms with E-state index in [1.807, 2.05) is 44.2 Å². The molecule has 7 nitrogen and oxygen atoms in total. The molecule has 1 atom stereocenters. The van der Waals surface area contributed by atoms with Gasteiger partial charge in [-0.15, -0.1) is 0 Å². The van der Waals surface area contributed by atoms with Gasteiger partial charge in [-0.2, -0.15) is 0 Å². The summed E-state index contributed by atoms with van der Waals surface area (Å²) in [4.78, 5) is 28.8. The molecule has 2 amide bonds. The number of halogens is 2. The quantitative estimate of drug-likeness (QED) is 0.267. The molecule has 3 aromatic rings. The Morgan fingerprint density at radius 3 is 2.24 bits per heavy atom. The molecular weight excluding hydrogens is 565 g/mol. The molecule has 0 unspecified atom stereocenters. The molecule has 0 aliphatic carbocycles. The van der Waals surface area contributed by atoms with Gasteiger partial charge in [0, 0.05) is 37.5 Å². The van der Waals surface area contributed by atoms with Crippen molar-refractivity contribution in [2.75, 3.05) is 23.7 Å². The first-order chi connectivity index (χ1) is 19.4. The van der Waals surface area contributed by atoms with Crippen LogP contribution < -0.4 is 9.62 Å². The zero-order valence-corrected chi connectivity index (χ0v) is 25.2. The Bertz CT molecular complexity index is 1400. The third-order valence-electron chi connectivity index (χ3n) is 6.47. The molecule has 0 radical (unpaired) electrons. The van der Waals surface area contributed by atoms with E-state index >= 15 is 0 Å². The van der Waals surface area contributed by atoms with Crippen molar-refractivity contribution in [3.63, 3.8) is 0 Å². The number of nitrogens with one attached hydrogen (secondary N) is 1. The first-order valence-electron chi connectivity index (χ1n) is 13.5. The van der Waals surface area contributed by atoms with E-state index < -0.39 is 21.9 Å². The fourth-order valence-electron chi connectivity index (χ4n) is 4.40. The molecule has 10 heteroatoms. The van der Waals surface area contributed by atoms with Crippen molar-refractivity contribution in [3.8, 4) is 0 Å². The Labute approximate surface area is 247 Å². The Morgan fingerprint density at radius 2 is 1.63 bits per heavy atom. The summed E-state index contributed by atoms with van der Waals surface area (Å²) in [5.74, 6) is -0.778. The molecule has 0 spiro atoms. The lowest BCUT2D eigenvalue weighted by Gasteiger charge is -2.32. The highest BCUT2D eigenvalue weighted by atomic mass is 35.5. The van der Waals surface area contributed by atoms with Crippen LogP contribution in [0.5, 0.6) is 0 Å². The molecule has 1 N–H and O–H groups in total. The van der Waals surface area contributed by atoms with Crippen LogP contribution in [0.15, 0.2) is 78.9 Å². The number of hydrogen-bond donors (Lipinski definition) is 1. The van der Waals surface area contributed by atoms with Crippen molar-refractivity contribution >= 4 is 39.1 Å². The molecular formula is C31H37ClFN3O4S. The van der Waals surface area contributed by atoms with Gasteiger partial charge in [0.15, 0.2) is 0 Å². The summed E-state index contributed by atoms with van der Waals surface area (Å²) in [7, 11) is -3.64. The minimum Gasteiger partial charge on any atom is -0.354 e. The molecule has 3 aromatic carbocycles. The van der Waals surface area contributed by atoms with Gasteiger partial charge in [-0.05, 0) is 53.8 Å². The fraction of sp³-hybridized carbons (Fsp3) is 0.355. The van der Waals surface area contributed by atoms with Crippen LogP contribution in [0.25, 0.3) is 0 Å². The number of rotatable bonds is 14. The lowest BCUT2D eigenvalue weighted by molar-refractivity contribution is -0.141. The number of carbonyl (C=O) groups is 2. The van der Waals surface area contributed by atoms with Crippen LogP contribution >= 0.6 is 11.6 Å². The van der Waals surface area contributed by atoms with Crippen LogP contribution in [0.3, 0.4) is 0 Å². The highest BCUT2D eigenvalue weighted by Crippen LogP contribution is 2.23. The summed E-state index contributed by atoms with van der Waals surface area (Å²) in [6, 6.07) is 20.9. The van der Waals surface area contributed by atoms with E-state index in [-0.39, 0.29) is 50.1 Å². The smallest absolute Gasteiger partial charge is 0.243 e. The molecule has 0 saturated heterocycles. The second-order valence-corrected chi connectivity index (χ2v) is 12.8. The van der Waals surface area contributed by atoms with Crippen LogP contribution in [0.4, 0.5) is 10.1 Å². The molecule has 3 rings (SSSR count). The van der Waals surface area contributed by atoms with Crippen LogP contribution in [-0.2, 0) is 32.6 Å². The summed E-state index contributed by atoms with van der Waals surface area (Å²) in [5.41, 5.74) is 1.97. The number of amides is 2. The molecule has 0 aliphatic heterocycles. The number of benzene rings is 3. The highest BCUT2D eigenvalue weighted by Gasteiger charge is 2.30. The Balaban J connectivity index is 1.87. The Hall–Kier alpha value is -3.43. The molecule has 41 heavy (non-hydrogen) atoms. The molecule has 220 valence electrons. The van der Waals surface area contributed by atoms with E-state index in [1.54, 1.807) is 36.4 Å². The third kappa shape index (κ3) is 10.2. The topological polar surface area (TPSA) is 86.8 Å². The van der Waals surface area contributed by atoms with Gasteiger partial charge in [0.05, 0.1) is 11.9 Å². The van der Waals surface area contributed by atoms with Crippen LogP contribution in [0, 0.1) is 11.7 Å². The number of nitrogens with zero attached hydrogens (tertiary/aromatic N) is 2. The van der Waals surface area contributed by atoms with E-state index in [1.165, 1.54) is 21.3 Å². The Kier molecular flexibility index (Phi) is 11.7. The van der Waals surface area contributed by atoms with Crippen molar-refractivity contribution in [1.82, 2.24) is 10.2 Å². The van der Waals surface area contributed by atoms with Gasteiger partial charge in [0.2, 0.25) is 21.8 Å². The summed E-state index contributed by atoms with van der Waals surface area (Å²) < 4.78 is 40.0. The van der Waals surface area contributed by atoms with Gasteiger partial charge < -0.3 is 10.2 Å². The van der Waals surface area contributed by atoms with Crippen molar-refractivity contribution < 1.29 is 22.4 Å². The summed E-state index contributed by atoms with van der Waals surface area (Å²) in [5, 5.41) is 3.36. The predicted octanol–water partition coefficient (Wildman–Crippen LogP) is 5.44. The van der Waals surface area contributed by atoms with E-state index in [0.717, 1.165) is 11.8 Å². The molecule has 0 aliphatic rings. The number of carbonyl (C=O) groups excluding carboxylic acids is 2. The van der Waals surface area contributed by atoms with Crippen LogP contribution in [0.1, 0.15) is 37.8 Å². The molecule has 0 saturated carbocycles. The van der Waals surface area contributed by atoms with Gasteiger partial charge in [-0.1, -0.05) is 74.0 Å². The van der Waals surface area contributed by atoms with E-state index in [9.17, 15) is 22.4 Å². The van der Waals surface area contributed by atoms with Crippen LogP contribution in [0.2, 0.25) is 5.02 Å². The monoisotopic (exact) mass is 601 g/mol. The first kappa shape index (κ1) is 32.1. The average Bonchev–Trinajstić information content (AvgIpc) is 2.92. The molecule has 0 heterocycles. The maximum atomic E-state index is 13.8. The standard InChI is InChI=1S/C31H37ClFN3O4S/c1-23(2)21-34-31(38)29(19-24-9-5-4-6-10-24)35(22-25-14-16-27(33)17-15-25)30(37)13-8-18-36(41(3,39)40)28-12-7-11-26(32)20-28/h4-7,9-12,14-17,20,23,29H,8,13,18-19,21-22H2,1-3H3,(H,34,38)/t29-/m1/s1. The van der Waals surface area contributed by atoms with E-state index in [4.69, 9.17) is 11.6 Å². The maximum absolute atomic E-state index is 13.8. The van der Waals surface area contributed by atoms with E-state index in [0.29, 0.717) is 22.8 Å². The van der Waals surface area contributed by atoms with Crippen molar-refractivity contribution in [2.45, 2.75) is 45.7 Å². The van der Waals surface area contributed by atoms with Crippen LogP contribution in [-0.4, -0.2) is 50.5 Å². The summed E-state index contributed by atoms with van der Waals surface area (Å²) in [6.07, 6.45) is 1.60. The molecule has 0 aromatic heterocycles. The second kappa shape index (κ2) is 15.0. The first-order valence-corrected chi connectivity index (χ1v) is 15.8. The number of sulfonamides is 1. The SMILES string of the molecule is CC(C)CNC(=O)[C@@H](Cc1ccccc1)N(Cc1ccc(F)cc1)C(=O)CCCN(c1cccc(Cl)c1)S(C)(=O)=O. The van der Waals surface area contributed by atoms with Crippen molar-refractivity contribution in [2.24, 2.45) is 5.92 Å². The normalized spacial score (nSPS) is 12.1. The minimum absolute atomic E-state index is 0.00344.